The Kier molecular flexibility index (Phi) is 7.83. The number of benzene rings is 1. The van der Waals surface area contributed by atoms with Crippen molar-refractivity contribution in [2.75, 3.05) is 32.9 Å². The molecule has 1 aromatic carbocycles. The molecule has 2 amide bonds. The highest BCUT2D eigenvalue weighted by molar-refractivity contribution is 5.79. The van der Waals surface area contributed by atoms with Crippen molar-refractivity contribution < 1.29 is 24.2 Å². The Hall–Kier alpha value is -2.12. The van der Waals surface area contributed by atoms with Gasteiger partial charge in [-0.25, -0.2) is 0 Å². The summed E-state index contributed by atoms with van der Waals surface area (Å²) < 4.78 is 11.0. The third-order valence-corrected chi connectivity index (χ3v) is 8.70. The Bertz CT molecular complexity index is 843. The molecule has 0 spiro atoms. The van der Waals surface area contributed by atoms with Gasteiger partial charge in [0.25, 0.3) is 5.91 Å². The first-order valence-electron chi connectivity index (χ1n) is 12.8. The van der Waals surface area contributed by atoms with Crippen molar-refractivity contribution in [3.63, 3.8) is 0 Å². The number of nitrogens with zero attached hydrogens (tertiary/aromatic N) is 1. The van der Waals surface area contributed by atoms with Crippen molar-refractivity contribution in [1.82, 2.24) is 10.2 Å². The van der Waals surface area contributed by atoms with Crippen LogP contribution in [0.2, 0.25) is 0 Å². The molecule has 0 aromatic heterocycles. The van der Waals surface area contributed by atoms with Gasteiger partial charge < -0.3 is 24.8 Å². The van der Waals surface area contributed by atoms with Crippen molar-refractivity contribution >= 4 is 11.8 Å². The molecule has 188 valence electrons. The first-order chi connectivity index (χ1) is 16.3. The first kappa shape index (κ1) is 25.0. The molecule has 2 aliphatic carbocycles. The predicted molar refractivity (Wildman–Crippen MR) is 129 cm³/mol. The maximum Gasteiger partial charge on any atom is 0.258 e. The normalized spacial score (nSPS) is 34.6. The second-order valence-electron chi connectivity index (χ2n) is 10.8. The largest absolute Gasteiger partial charge is 0.484 e. The van der Waals surface area contributed by atoms with Crippen LogP contribution >= 0.6 is 0 Å². The SMILES string of the molecule is C[C@@H]1[C@@H]2[C@@H](O)[C@@H]([C@H](C)C(=O)N3CCOCC3)CC[C@]2(C)CC[C@@H]1NC(=O)COc1ccccc1. The quantitative estimate of drug-likeness (QED) is 0.665. The summed E-state index contributed by atoms with van der Waals surface area (Å²) in [5.74, 6) is 0.532. The van der Waals surface area contributed by atoms with Crippen molar-refractivity contribution in [2.45, 2.75) is 58.6 Å². The van der Waals surface area contributed by atoms with Gasteiger partial charge in [0.1, 0.15) is 5.75 Å². The maximum absolute atomic E-state index is 13.2. The van der Waals surface area contributed by atoms with E-state index in [0.29, 0.717) is 32.1 Å². The summed E-state index contributed by atoms with van der Waals surface area (Å²) >= 11 is 0. The van der Waals surface area contributed by atoms with Gasteiger partial charge in [-0.05, 0) is 61.0 Å². The number of nitrogens with one attached hydrogen (secondary N) is 1. The van der Waals surface area contributed by atoms with Crippen LogP contribution in [0.15, 0.2) is 30.3 Å². The smallest absolute Gasteiger partial charge is 0.258 e. The monoisotopic (exact) mass is 472 g/mol. The van der Waals surface area contributed by atoms with E-state index in [1.165, 1.54) is 0 Å². The molecule has 2 N–H and O–H groups in total. The second kappa shape index (κ2) is 10.6. The number of aliphatic hydroxyl groups excluding tert-OH is 1. The van der Waals surface area contributed by atoms with Crippen LogP contribution < -0.4 is 10.1 Å². The Morgan fingerprint density at radius 3 is 2.59 bits per heavy atom. The number of morpholine rings is 1. The summed E-state index contributed by atoms with van der Waals surface area (Å²) in [7, 11) is 0. The molecular weight excluding hydrogens is 432 g/mol. The lowest BCUT2D eigenvalue weighted by Gasteiger charge is -2.56. The van der Waals surface area contributed by atoms with Gasteiger partial charge in [-0.2, -0.15) is 0 Å². The minimum Gasteiger partial charge on any atom is -0.484 e. The molecule has 34 heavy (non-hydrogen) atoms. The zero-order valence-electron chi connectivity index (χ0n) is 20.7. The summed E-state index contributed by atoms with van der Waals surface area (Å²) in [6.07, 6.45) is 3.16. The summed E-state index contributed by atoms with van der Waals surface area (Å²) in [4.78, 5) is 27.7. The van der Waals surface area contributed by atoms with Gasteiger partial charge in [0.15, 0.2) is 6.61 Å². The van der Waals surface area contributed by atoms with E-state index in [1.807, 2.05) is 42.2 Å². The van der Waals surface area contributed by atoms with E-state index in [-0.39, 0.29) is 53.5 Å². The number of amides is 2. The number of carbonyl (C=O) groups is 2. The number of ether oxygens (including phenoxy) is 2. The maximum atomic E-state index is 13.2. The highest BCUT2D eigenvalue weighted by Gasteiger charge is 2.54. The molecule has 1 aromatic rings. The zero-order chi connectivity index (χ0) is 24.3. The Morgan fingerprint density at radius 1 is 1.21 bits per heavy atom. The molecule has 3 fully saturated rings. The van der Waals surface area contributed by atoms with Crippen LogP contribution in [0.3, 0.4) is 0 Å². The Labute approximate surface area is 203 Å². The third kappa shape index (κ3) is 5.25. The lowest BCUT2D eigenvalue weighted by molar-refractivity contribution is -0.154. The second-order valence-corrected chi connectivity index (χ2v) is 10.8. The molecule has 1 heterocycles. The van der Waals surface area contributed by atoms with Crippen LogP contribution in [0.4, 0.5) is 0 Å². The van der Waals surface area contributed by atoms with Crippen molar-refractivity contribution in [3.05, 3.63) is 30.3 Å². The Morgan fingerprint density at radius 2 is 1.88 bits per heavy atom. The summed E-state index contributed by atoms with van der Waals surface area (Å²) in [5.41, 5.74) is 0.0266. The van der Waals surface area contributed by atoms with Crippen LogP contribution in [0.25, 0.3) is 0 Å². The van der Waals surface area contributed by atoms with Crippen LogP contribution in [0, 0.1) is 29.1 Å². The minimum absolute atomic E-state index is 0.0106. The average Bonchev–Trinajstić information content (AvgIpc) is 2.85. The highest BCUT2D eigenvalue weighted by atomic mass is 16.5. The van der Waals surface area contributed by atoms with E-state index in [1.54, 1.807) is 0 Å². The van der Waals surface area contributed by atoms with Gasteiger partial charge in [0, 0.05) is 25.0 Å². The van der Waals surface area contributed by atoms with Crippen LogP contribution in [0.1, 0.15) is 46.5 Å². The predicted octanol–water partition coefficient (Wildman–Crippen LogP) is 2.87. The van der Waals surface area contributed by atoms with Crippen LogP contribution in [-0.4, -0.2) is 66.9 Å². The lowest BCUT2D eigenvalue weighted by Crippen LogP contribution is -2.59. The number of hydrogen-bond acceptors (Lipinski definition) is 5. The molecule has 7 nitrogen and oxygen atoms in total. The van der Waals surface area contributed by atoms with Crippen LogP contribution in [-0.2, 0) is 14.3 Å². The van der Waals surface area contributed by atoms with Gasteiger partial charge in [-0.3, -0.25) is 9.59 Å². The molecule has 1 aliphatic heterocycles. The number of rotatable bonds is 6. The van der Waals surface area contributed by atoms with E-state index in [9.17, 15) is 14.7 Å². The Balaban J connectivity index is 1.39. The molecule has 1 saturated heterocycles. The molecule has 3 aliphatic rings. The van der Waals surface area contributed by atoms with Gasteiger partial charge in [-0.1, -0.05) is 39.0 Å². The molecule has 7 atom stereocenters. The zero-order valence-corrected chi connectivity index (χ0v) is 20.7. The van der Waals surface area contributed by atoms with E-state index in [2.05, 4.69) is 19.2 Å². The van der Waals surface area contributed by atoms with Crippen molar-refractivity contribution in [3.8, 4) is 5.75 Å². The molecule has 7 heteroatoms. The number of para-hydroxylation sites is 1. The molecule has 4 rings (SSSR count). The molecule has 2 saturated carbocycles. The minimum atomic E-state index is -0.561. The average molecular weight is 473 g/mol. The highest BCUT2D eigenvalue weighted by Crippen LogP contribution is 2.55. The third-order valence-electron chi connectivity index (χ3n) is 8.70. The van der Waals surface area contributed by atoms with Gasteiger partial charge in [0.05, 0.1) is 19.3 Å². The summed E-state index contributed by atoms with van der Waals surface area (Å²) in [6, 6.07) is 9.32. The van der Waals surface area contributed by atoms with Crippen LogP contribution in [0.5, 0.6) is 5.75 Å². The fourth-order valence-electron chi connectivity index (χ4n) is 6.67. The fraction of sp³-hybridized carbons (Fsp3) is 0.704. The number of carbonyl (C=O) groups excluding carboxylic acids is 2. The van der Waals surface area contributed by atoms with Gasteiger partial charge in [0.2, 0.25) is 5.91 Å². The van der Waals surface area contributed by atoms with E-state index in [0.717, 1.165) is 25.7 Å². The van der Waals surface area contributed by atoms with Crippen molar-refractivity contribution in [1.29, 1.82) is 0 Å². The van der Waals surface area contributed by atoms with E-state index < -0.39 is 6.10 Å². The number of hydrogen-bond donors (Lipinski definition) is 2. The molecule has 0 unspecified atom stereocenters. The number of aliphatic hydroxyl groups is 1. The summed E-state index contributed by atoms with van der Waals surface area (Å²) in [5, 5.41) is 14.8. The fourth-order valence-corrected chi connectivity index (χ4v) is 6.67. The lowest BCUT2D eigenvalue weighted by atomic mass is 9.51. The molecule has 0 bridgehead atoms. The van der Waals surface area contributed by atoms with Gasteiger partial charge in [-0.15, -0.1) is 0 Å². The number of fused-ring (bicyclic) bond motifs is 1. The van der Waals surface area contributed by atoms with Crippen molar-refractivity contribution in [2.24, 2.45) is 29.1 Å². The molecule has 0 radical (unpaired) electrons. The topological polar surface area (TPSA) is 88.1 Å². The first-order valence-corrected chi connectivity index (χ1v) is 12.8. The standard InChI is InChI=1S/C27H40N2O5/c1-18(26(32)29-13-15-33-16-14-29)21-9-11-27(3)12-10-22(19(2)24(27)25(21)31)28-23(30)17-34-20-7-5-4-6-8-20/h4-8,18-19,21-22,24-25,31H,9-17H2,1-3H3,(H,28,30)/t18-,19-,21+,22-,24+,25-,27+/m0/s1. The molecular formula is C27H40N2O5. The van der Waals surface area contributed by atoms with Gasteiger partial charge >= 0.3 is 0 Å². The summed E-state index contributed by atoms with van der Waals surface area (Å²) in [6.45, 7) is 8.79. The van der Waals surface area contributed by atoms with E-state index >= 15 is 0 Å². The van der Waals surface area contributed by atoms with E-state index in [4.69, 9.17) is 9.47 Å².